The number of hydrogen-bond donors (Lipinski definition) is 1. The Morgan fingerprint density at radius 1 is 1.15 bits per heavy atom. The summed E-state index contributed by atoms with van der Waals surface area (Å²) in [5.74, 6) is 0.310. The number of para-hydroxylation sites is 1. The molecule has 1 atom stereocenters. The van der Waals surface area contributed by atoms with E-state index in [1.54, 1.807) is 0 Å². The SMILES string of the molecule is COC(=O)CC(O)c1c(COc2ccc(C)cc2)n(C)c2ccccc12. The van der Waals surface area contributed by atoms with Gasteiger partial charge in [0.25, 0.3) is 0 Å². The number of carbonyl (C=O) groups is 1. The van der Waals surface area contributed by atoms with Crippen molar-refractivity contribution in [2.75, 3.05) is 7.11 Å². The van der Waals surface area contributed by atoms with E-state index in [0.29, 0.717) is 12.2 Å². The largest absolute Gasteiger partial charge is 0.487 e. The third-order valence-electron chi connectivity index (χ3n) is 4.59. The Morgan fingerprint density at radius 2 is 1.85 bits per heavy atom. The van der Waals surface area contributed by atoms with E-state index in [1.807, 2.05) is 67.1 Å². The van der Waals surface area contributed by atoms with Crippen molar-refractivity contribution in [3.8, 4) is 5.75 Å². The molecule has 26 heavy (non-hydrogen) atoms. The van der Waals surface area contributed by atoms with Crippen molar-refractivity contribution in [3.05, 3.63) is 65.4 Å². The fourth-order valence-electron chi connectivity index (χ4n) is 3.15. The highest BCUT2D eigenvalue weighted by atomic mass is 16.5. The summed E-state index contributed by atoms with van der Waals surface area (Å²) in [6, 6.07) is 15.6. The molecule has 1 heterocycles. The molecule has 0 aliphatic rings. The van der Waals surface area contributed by atoms with Gasteiger partial charge in [-0.05, 0) is 25.1 Å². The Morgan fingerprint density at radius 3 is 2.54 bits per heavy atom. The van der Waals surface area contributed by atoms with Crippen molar-refractivity contribution in [1.29, 1.82) is 0 Å². The van der Waals surface area contributed by atoms with Crippen LogP contribution in [-0.2, 0) is 23.2 Å². The van der Waals surface area contributed by atoms with E-state index in [4.69, 9.17) is 9.47 Å². The Bertz CT molecular complexity index is 912. The number of rotatable bonds is 6. The van der Waals surface area contributed by atoms with Crippen molar-refractivity contribution in [1.82, 2.24) is 4.57 Å². The predicted octanol–water partition coefficient (Wildman–Crippen LogP) is 3.66. The molecule has 0 bridgehead atoms. The summed E-state index contributed by atoms with van der Waals surface area (Å²) < 4.78 is 12.6. The van der Waals surface area contributed by atoms with Crippen molar-refractivity contribution in [3.63, 3.8) is 0 Å². The van der Waals surface area contributed by atoms with E-state index in [0.717, 1.165) is 27.9 Å². The molecule has 0 amide bonds. The lowest BCUT2D eigenvalue weighted by molar-refractivity contribution is -0.142. The first-order chi connectivity index (χ1) is 12.5. The van der Waals surface area contributed by atoms with Crippen LogP contribution < -0.4 is 4.74 Å². The number of hydrogen-bond acceptors (Lipinski definition) is 4. The first-order valence-corrected chi connectivity index (χ1v) is 8.51. The van der Waals surface area contributed by atoms with Crippen LogP contribution in [0.4, 0.5) is 0 Å². The van der Waals surface area contributed by atoms with Gasteiger partial charge in [-0.1, -0.05) is 35.9 Å². The normalized spacial score (nSPS) is 12.2. The van der Waals surface area contributed by atoms with E-state index in [9.17, 15) is 9.90 Å². The molecule has 1 unspecified atom stereocenters. The van der Waals surface area contributed by atoms with Gasteiger partial charge in [0.1, 0.15) is 12.4 Å². The highest BCUT2D eigenvalue weighted by Gasteiger charge is 2.24. The molecule has 1 N–H and O–H groups in total. The zero-order valence-corrected chi connectivity index (χ0v) is 15.2. The highest BCUT2D eigenvalue weighted by molar-refractivity contribution is 5.86. The number of aromatic nitrogens is 1. The molecule has 0 radical (unpaired) electrons. The van der Waals surface area contributed by atoms with Crippen molar-refractivity contribution >= 4 is 16.9 Å². The summed E-state index contributed by atoms with van der Waals surface area (Å²) in [6.07, 6.45) is -1.05. The number of ether oxygens (including phenoxy) is 2. The summed E-state index contributed by atoms with van der Waals surface area (Å²) in [4.78, 5) is 11.6. The van der Waals surface area contributed by atoms with Crippen LogP contribution in [0.1, 0.15) is 29.3 Å². The van der Waals surface area contributed by atoms with Crippen molar-refractivity contribution in [2.24, 2.45) is 7.05 Å². The Kier molecular flexibility index (Phi) is 5.28. The number of fused-ring (bicyclic) bond motifs is 1. The molecular weight excluding hydrogens is 330 g/mol. The van der Waals surface area contributed by atoms with Crippen LogP contribution >= 0.6 is 0 Å². The minimum absolute atomic E-state index is 0.0952. The second-order valence-electron chi connectivity index (χ2n) is 6.33. The van der Waals surface area contributed by atoms with Crippen LogP contribution in [-0.4, -0.2) is 22.8 Å². The fraction of sp³-hybridized carbons (Fsp3) is 0.286. The Hall–Kier alpha value is -2.79. The number of methoxy groups -OCH3 is 1. The summed E-state index contributed by atoms with van der Waals surface area (Å²) in [5.41, 5.74) is 3.69. The quantitative estimate of drug-likeness (QED) is 0.687. The second kappa shape index (κ2) is 7.62. The maximum atomic E-state index is 11.6. The molecule has 0 fully saturated rings. The maximum absolute atomic E-state index is 11.6. The lowest BCUT2D eigenvalue weighted by Crippen LogP contribution is -2.12. The summed E-state index contributed by atoms with van der Waals surface area (Å²) >= 11 is 0. The Balaban J connectivity index is 1.97. The van der Waals surface area contributed by atoms with Gasteiger partial charge in [-0.15, -0.1) is 0 Å². The highest BCUT2D eigenvalue weighted by Crippen LogP contribution is 2.33. The van der Waals surface area contributed by atoms with Gasteiger partial charge in [-0.3, -0.25) is 4.79 Å². The van der Waals surface area contributed by atoms with Crippen molar-refractivity contribution < 1.29 is 19.4 Å². The van der Waals surface area contributed by atoms with Crippen LogP contribution in [0.15, 0.2) is 48.5 Å². The molecule has 3 rings (SSSR count). The summed E-state index contributed by atoms with van der Waals surface area (Å²) in [6.45, 7) is 2.32. The van der Waals surface area contributed by atoms with Crippen LogP contribution in [0.25, 0.3) is 10.9 Å². The van der Waals surface area contributed by atoms with E-state index in [1.165, 1.54) is 7.11 Å². The molecular formula is C21H23NO4. The van der Waals surface area contributed by atoms with Crippen LogP contribution in [0.3, 0.4) is 0 Å². The maximum Gasteiger partial charge on any atom is 0.308 e. The monoisotopic (exact) mass is 353 g/mol. The molecule has 0 saturated carbocycles. The van der Waals surface area contributed by atoms with Gasteiger partial charge in [0.2, 0.25) is 0 Å². The number of nitrogens with zero attached hydrogens (tertiary/aromatic N) is 1. The van der Waals surface area contributed by atoms with Gasteiger partial charge < -0.3 is 19.1 Å². The number of aliphatic hydroxyl groups excluding tert-OH is 1. The minimum atomic E-state index is -0.954. The first-order valence-electron chi connectivity index (χ1n) is 8.51. The molecule has 0 spiro atoms. The molecule has 0 aliphatic carbocycles. The number of carbonyl (C=O) groups excluding carboxylic acids is 1. The van der Waals surface area contributed by atoms with Gasteiger partial charge in [-0.2, -0.15) is 0 Å². The molecule has 1 aromatic heterocycles. The number of aliphatic hydroxyl groups is 1. The number of esters is 1. The third-order valence-corrected chi connectivity index (χ3v) is 4.59. The molecule has 2 aromatic carbocycles. The average molecular weight is 353 g/mol. The molecule has 5 heteroatoms. The van der Waals surface area contributed by atoms with Crippen molar-refractivity contribution in [2.45, 2.75) is 26.1 Å². The first kappa shape index (κ1) is 18.0. The van der Waals surface area contributed by atoms with Crippen LogP contribution in [0, 0.1) is 6.92 Å². The van der Waals surface area contributed by atoms with Gasteiger partial charge in [0.15, 0.2) is 0 Å². The second-order valence-corrected chi connectivity index (χ2v) is 6.33. The lowest BCUT2D eigenvalue weighted by atomic mass is 10.0. The zero-order valence-electron chi connectivity index (χ0n) is 15.2. The van der Waals surface area contributed by atoms with Crippen LogP contribution in [0.5, 0.6) is 5.75 Å². The zero-order chi connectivity index (χ0) is 18.7. The molecule has 5 nitrogen and oxygen atoms in total. The Labute approximate surface area is 152 Å². The van der Waals surface area contributed by atoms with E-state index in [-0.39, 0.29) is 6.42 Å². The lowest BCUT2D eigenvalue weighted by Gasteiger charge is -2.14. The summed E-state index contributed by atoms with van der Waals surface area (Å²) in [7, 11) is 3.25. The fourth-order valence-corrected chi connectivity index (χ4v) is 3.15. The topological polar surface area (TPSA) is 60.7 Å². The molecule has 0 aliphatic heterocycles. The van der Waals surface area contributed by atoms with Gasteiger partial charge in [0.05, 0.1) is 25.3 Å². The minimum Gasteiger partial charge on any atom is -0.487 e. The molecule has 136 valence electrons. The number of benzene rings is 2. The molecule has 0 saturated heterocycles. The van der Waals surface area contributed by atoms with E-state index >= 15 is 0 Å². The van der Waals surface area contributed by atoms with Gasteiger partial charge in [0, 0.05) is 23.5 Å². The summed E-state index contributed by atoms with van der Waals surface area (Å²) in [5, 5.41) is 11.6. The van der Waals surface area contributed by atoms with E-state index < -0.39 is 12.1 Å². The van der Waals surface area contributed by atoms with Gasteiger partial charge in [-0.25, -0.2) is 0 Å². The third kappa shape index (κ3) is 3.58. The molecule has 3 aromatic rings. The smallest absolute Gasteiger partial charge is 0.308 e. The number of aryl methyl sites for hydroxylation is 2. The predicted molar refractivity (Wildman–Crippen MR) is 100 cm³/mol. The van der Waals surface area contributed by atoms with Gasteiger partial charge >= 0.3 is 5.97 Å². The average Bonchev–Trinajstić information content (AvgIpc) is 2.93. The standard InChI is InChI=1S/C21H23NO4/c1-14-8-10-15(11-9-14)26-13-18-21(19(23)12-20(24)25-3)16-6-4-5-7-17(16)22(18)2/h4-11,19,23H,12-13H2,1-3H3. The van der Waals surface area contributed by atoms with E-state index in [2.05, 4.69) is 0 Å². The van der Waals surface area contributed by atoms with Crippen LogP contribution in [0.2, 0.25) is 0 Å².